The van der Waals surface area contributed by atoms with E-state index in [1.807, 2.05) is 35.8 Å². The third-order valence-corrected chi connectivity index (χ3v) is 6.51. The molecule has 4 rings (SSSR count). The van der Waals surface area contributed by atoms with Crippen molar-refractivity contribution in [1.29, 1.82) is 0 Å². The predicted octanol–water partition coefficient (Wildman–Crippen LogP) is 5.55. The van der Waals surface area contributed by atoms with Crippen molar-refractivity contribution in [3.63, 3.8) is 0 Å². The molecule has 0 aliphatic carbocycles. The number of benzene rings is 3. The van der Waals surface area contributed by atoms with Gasteiger partial charge in [0.15, 0.2) is 11.0 Å². The van der Waals surface area contributed by atoms with Gasteiger partial charge in [0.1, 0.15) is 0 Å². The Hall–Kier alpha value is -3.91. The maximum Gasteiger partial charge on any atom is 0.234 e. The molecular formula is C27H27N5O2S. The Bertz CT molecular complexity index is 1360. The zero-order valence-corrected chi connectivity index (χ0v) is 20.9. The second kappa shape index (κ2) is 10.6. The number of rotatable bonds is 7. The number of nitrogens with one attached hydrogen (secondary N) is 2. The van der Waals surface area contributed by atoms with Gasteiger partial charge in [0.2, 0.25) is 11.8 Å². The molecule has 0 bridgehead atoms. The van der Waals surface area contributed by atoms with Crippen LogP contribution in [0.5, 0.6) is 0 Å². The summed E-state index contributed by atoms with van der Waals surface area (Å²) in [4.78, 5) is 23.8. The molecule has 0 aliphatic heterocycles. The summed E-state index contributed by atoms with van der Waals surface area (Å²) < 4.78 is 2.02. The van der Waals surface area contributed by atoms with E-state index in [4.69, 9.17) is 0 Å². The van der Waals surface area contributed by atoms with Crippen LogP contribution in [-0.2, 0) is 9.59 Å². The number of hydrogen-bond donors (Lipinski definition) is 2. The highest BCUT2D eigenvalue weighted by molar-refractivity contribution is 7.99. The minimum atomic E-state index is -0.158. The first-order valence-corrected chi connectivity index (χ1v) is 12.2. The van der Waals surface area contributed by atoms with Gasteiger partial charge in [0.05, 0.1) is 11.4 Å². The Labute approximate surface area is 209 Å². The number of nitrogens with zero attached hydrogens (tertiary/aromatic N) is 3. The fraction of sp³-hybridized carbons (Fsp3) is 0.185. The van der Waals surface area contributed by atoms with Crippen LogP contribution in [0.1, 0.15) is 23.6 Å². The van der Waals surface area contributed by atoms with E-state index in [0.717, 1.165) is 22.6 Å². The average Bonchev–Trinajstić information content (AvgIpc) is 3.24. The van der Waals surface area contributed by atoms with E-state index in [-0.39, 0.29) is 17.6 Å². The summed E-state index contributed by atoms with van der Waals surface area (Å²) in [6.45, 7) is 7.65. The van der Waals surface area contributed by atoms with Crippen LogP contribution in [0, 0.1) is 20.8 Å². The van der Waals surface area contributed by atoms with Crippen molar-refractivity contribution < 1.29 is 9.59 Å². The first-order chi connectivity index (χ1) is 16.8. The SMILES string of the molecule is CC(=O)Nc1ccc(NC(=O)CSc2nnc(-c3ccc(C)cc3)n2-c2cccc(C)c2C)cc1. The van der Waals surface area contributed by atoms with Crippen LogP contribution >= 0.6 is 11.8 Å². The number of carbonyl (C=O) groups excluding carboxylic acids is 2. The molecule has 0 saturated carbocycles. The van der Waals surface area contributed by atoms with E-state index in [1.165, 1.54) is 29.8 Å². The van der Waals surface area contributed by atoms with Crippen LogP contribution in [-0.4, -0.2) is 32.3 Å². The van der Waals surface area contributed by atoms with Gasteiger partial charge in [0.25, 0.3) is 0 Å². The molecule has 0 atom stereocenters. The molecule has 0 saturated heterocycles. The molecule has 0 spiro atoms. The molecule has 3 aromatic carbocycles. The number of aromatic nitrogens is 3. The molecule has 7 nitrogen and oxygen atoms in total. The molecular weight excluding hydrogens is 458 g/mol. The summed E-state index contributed by atoms with van der Waals surface area (Å²) in [6, 6.07) is 21.3. The van der Waals surface area contributed by atoms with E-state index in [0.29, 0.717) is 16.5 Å². The highest BCUT2D eigenvalue weighted by Gasteiger charge is 2.19. The normalized spacial score (nSPS) is 10.7. The molecule has 178 valence electrons. The molecule has 4 aromatic rings. The fourth-order valence-corrected chi connectivity index (χ4v) is 4.36. The van der Waals surface area contributed by atoms with Gasteiger partial charge in [-0.05, 0) is 62.2 Å². The van der Waals surface area contributed by atoms with Crippen LogP contribution < -0.4 is 10.6 Å². The maximum atomic E-state index is 12.7. The Morgan fingerprint density at radius 1 is 0.857 bits per heavy atom. The molecule has 0 radical (unpaired) electrons. The quantitative estimate of drug-likeness (QED) is 0.335. The monoisotopic (exact) mass is 485 g/mol. The zero-order valence-electron chi connectivity index (χ0n) is 20.1. The largest absolute Gasteiger partial charge is 0.326 e. The lowest BCUT2D eigenvalue weighted by atomic mass is 10.1. The summed E-state index contributed by atoms with van der Waals surface area (Å²) in [5, 5.41) is 15.2. The number of aryl methyl sites for hydroxylation is 2. The third-order valence-electron chi connectivity index (χ3n) is 5.58. The molecule has 8 heteroatoms. The van der Waals surface area contributed by atoms with E-state index >= 15 is 0 Å². The summed E-state index contributed by atoms with van der Waals surface area (Å²) in [5.41, 5.74) is 6.74. The van der Waals surface area contributed by atoms with Crippen LogP contribution in [0.2, 0.25) is 0 Å². The molecule has 2 N–H and O–H groups in total. The van der Waals surface area contributed by atoms with Crippen molar-refractivity contribution in [2.75, 3.05) is 16.4 Å². The number of amides is 2. The van der Waals surface area contributed by atoms with Crippen LogP contribution in [0.25, 0.3) is 17.1 Å². The topological polar surface area (TPSA) is 88.9 Å². The third kappa shape index (κ3) is 5.78. The van der Waals surface area contributed by atoms with Gasteiger partial charge in [0, 0.05) is 23.9 Å². The summed E-state index contributed by atoms with van der Waals surface area (Å²) in [5.74, 6) is 0.602. The number of anilines is 2. The predicted molar refractivity (Wildman–Crippen MR) is 141 cm³/mol. The van der Waals surface area contributed by atoms with Crippen LogP contribution in [0.3, 0.4) is 0 Å². The average molecular weight is 486 g/mol. The van der Waals surface area contributed by atoms with Gasteiger partial charge in [-0.3, -0.25) is 14.2 Å². The summed E-state index contributed by atoms with van der Waals surface area (Å²) in [7, 11) is 0. The summed E-state index contributed by atoms with van der Waals surface area (Å²) >= 11 is 1.33. The van der Waals surface area contributed by atoms with E-state index in [1.54, 1.807) is 24.3 Å². The number of carbonyl (C=O) groups is 2. The van der Waals surface area contributed by atoms with Gasteiger partial charge in [-0.15, -0.1) is 10.2 Å². The van der Waals surface area contributed by atoms with Crippen molar-refractivity contribution in [2.24, 2.45) is 0 Å². The molecule has 0 fully saturated rings. The molecule has 2 amide bonds. The molecule has 0 aliphatic rings. The molecule has 1 aromatic heterocycles. The lowest BCUT2D eigenvalue weighted by Gasteiger charge is -2.14. The first kappa shape index (κ1) is 24.2. The van der Waals surface area contributed by atoms with Gasteiger partial charge in [-0.1, -0.05) is 53.7 Å². The molecule has 1 heterocycles. The lowest BCUT2D eigenvalue weighted by molar-refractivity contribution is -0.114. The number of thioether (sulfide) groups is 1. The van der Waals surface area contributed by atoms with Crippen LogP contribution in [0.4, 0.5) is 11.4 Å². The van der Waals surface area contributed by atoms with Crippen molar-refractivity contribution in [3.8, 4) is 17.1 Å². The second-order valence-corrected chi connectivity index (χ2v) is 9.26. The van der Waals surface area contributed by atoms with E-state index in [9.17, 15) is 9.59 Å². The zero-order chi connectivity index (χ0) is 24.9. The Balaban J connectivity index is 1.56. The van der Waals surface area contributed by atoms with Crippen molar-refractivity contribution in [1.82, 2.24) is 14.8 Å². The van der Waals surface area contributed by atoms with Gasteiger partial charge < -0.3 is 10.6 Å². The molecule has 35 heavy (non-hydrogen) atoms. The second-order valence-electron chi connectivity index (χ2n) is 8.32. The maximum absolute atomic E-state index is 12.7. The Kier molecular flexibility index (Phi) is 7.31. The van der Waals surface area contributed by atoms with Crippen molar-refractivity contribution >= 4 is 35.0 Å². The highest BCUT2D eigenvalue weighted by Crippen LogP contribution is 2.30. The lowest BCUT2D eigenvalue weighted by Crippen LogP contribution is -2.15. The standard InChI is InChI=1S/C27H27N5O2S/c1-17-8-10-21(11-9-17)26-30-31-27(32(26)24-7-5-6-18(2)19(24)3)35-16-25(34)29-23-14-12-22(13-15-23)28-20(4)33/h5-15H,16H2,1-4H3,(H,28,33)(H,29,34). The van der Waals surface area contributed by atoms with Gasteiger partial charge >= 0.3 is 0 Å². The Morgan fingerprint density at radius 3 is 2.17 bits per heavy atom. The first-order valence-electron chi connectivity index (χ1n) is 11.2. The smallest absolute Gasteiger partial charge is 0.234 e. The minimum Gasteiger partial charge on any atom is -0.326 e. The van der Waals surface area contributed by atoms with E-state index in [2.05, 4.69) is 52.9 Å². The fourth-order valence-electron chi connectivity index (χ4n) is 3.62. The minimum absolute atomic E-state index is 0.142. The summed E-state index contributed by atoms with van der Waals surface area (Å²) in [6.07, 6.45) is 0. The van der Waals surface area contributed by atoms with E-state index < -0.39 is 0 Å². The van der Waals surface area contributed by atoms with Crippen LogP contribution in [0.15, 0.2) is 71.9 Å². The van der Waals surface area contributed by atoms with Gasteiger partial charge in [-0.25, -0.2) is 0 Å². The van der Waals surface area contributed by atoms with Crippen molar-refractivity contribution in [3.05, 3.63) is 83.4 Å². The number of hydrogen-bond acceptors (Lipinski definition) is 5. The van der Waals surface area contributed by atoms with Gasteiger partial charge in [-0.2, -0.15) is 0 Å². The van der Waals surface area contributed by atoms with Crippen molar-refractivity contribution in [2.45, 2.75) is 32.9 Å². The molecule has 0 unspecified atom stereocenters. The Morgan fingerprint density at radius 2 is 1.51 bits per heavy atom. The highest BCUT2D eigenvalue weighted by atomic mass is 32.2.